The van der Waals surface area contributed by atoms with Crippen molar-refractivity contribution in [3.63, 3.8) is 0 Å². The second-order valence-corrected chi connectivity index (χ2v) is 4.03. The molecule has 3 nitrogen and oxygen atoms in total. The zero-order chi connectivity index (χ0) is 12.0. The number of thiocarbonyl (C=S) groups is 1. The highest BCUT2D eigenvalue weighted by Gasteiger charge is 2.06. The first kappa shape index (κ1) is 12.8. The number of hydrogen-bond donors (Lipinski definition) is 1. The Hall–Kier alpha value is -1.29. The number of nitrogens with two attached hydrogens (primary N) is 1. The molecule has 0 saturated carbocycles. The van der Waals surface area contributed by atoms with Crippen LogP contribution in [-0.4, -0.2) is 17.7 Å². The largest absolute Gasteiger partial charge is 0.494 e. The van der Waals surface area contributed by atoms with Crippen LogP contribution >= 0.6 is 12.2 Å². The molecule has 1 rings (SSSR count). The fraction of sp³-hybridized carbons (Fsp3) is 0.417. The van der Waals surface area contributed by atoms with Gasteiger partial charge in [0.1, 0.15) is 17.6 Å². The van der Waals surface area contributed by atoms with E-state index in [-0.39, 0.29) is 6.10 Å². The molecular weight excluding hydrogens is 222 g/mol. The molecule has 1 aromatic rings. The van der Waals surface area contributed by atoms with Crippen LogP contribution in [0.5, 0.6) is 11.5 Å². The van der Waals surface area contributed by atoms with Crippen LogP contribution < -0.4 is 15.2 Å². The normalized spacial score (nSPS) is 11.9. The third-order valence-corrected chi connectivity index (χ3v) is 2.11. The Balaban J connectivity index is 2.59. The van der Waals surface area contributed by atoms with E-state index in [2.05, 4.69) is 0 Å². The van der Waals surface area contributed by atoms with Crippen LogP contribution in [0.3, 0.4) is 0 Å². The molecule has 0 aliphatic carbocycles. The topological polar surface area (TPSA) is 44.5 Å². The average Bonchev–Trinajstić information content (AvgIpc) is 2.17. The number of benzene rings is 1. The van der Waals surface area contributed by atoms with E-state index in [1.807, 2.05) is 38.1 Å². The van der Waals surface area contributed by atoms with Crippen LogP contribution in [0.1, 0.15) is 20.3 Å². The van der Waals surface area contributed by atoms with Crippen molar-refractivity contribution in [2.45, 2.75) is 26.4 Å². The van der Waals surface area contributed by atoms with Gasteiger partial charge >= 0.3 is 0 Å². The third kappa shape index (κ3) is 4.49. The van der Waals surface area contributed by atoms with E-state index in [0.29, 0.717) is 18.0 Å². The van der Waals surface area contributed by atoms with Gasteiger partial charge in [-0.3, -0.25) is 0 Å². The Morgan fingerprint density at radius 2 is 2.12 bits per heavy atom. The van der Waals surface area contributed by atoms with E-state index in [1.54, 1.807) is 0 Å². The summed E-state index contributed by atoms with van der Waals surface area (Å²) in [5, 5.41) is 0. The summed E-state index contributed by atoms with van der Waals surface area (Å²) >= 11 is 4.83. The molecule has 1 atom stereocenters. The molecule has 0 fully saturated rings. The molecule has 0 bridgehead atoms. The van der Waals surface area contributed by atoms with Gasteiger partial charge in [-0.2, -0.15) is 0 Å². The van der Waals surface area contributed by atoms with Gasteiger partial charge < -0.3 is 15.2 Å². The fourth-order valence-corrected chi connectivity index (χ4v) is 1.60. The molecule has 0 spiro atoms. The Morgan fingerprint density at radius 3 is 2.75 bits per heavy atom. The standard InChI is InChI=1S/C12H17NO2S/c1-3-14-10-5-4-6-11(8-10)15-9(2)7-12(13)16/h4-6,8-9H,3,7H2,1-2H3,(H2,13,16). The van der Waals surface area contributed by atoms with Crippen LogP contribution in [0.15, 0.2) is 24.3 Å². The Kier molecular flexibility index (Phi) is 5.05. The van der Waals surface area contributed by atoms with Crippen molar-refractivity contribution in [1.82, 2.24) is 0 Å². The summed E-state index contributed by atoms with van der Waals surface area (Å²) in [4.78, 5) is 0.466. The molecular formula is C12H17NO2S. The second kappa shape index (κ2) is 6.33. The third-order valence-electron chi connectivity index (χ3n) is 1.94. The molecule has 2 N–H and O–H groups in total. The maximum Gasteiger partial charge on any atom is 0.123 e. The molecule has 0 saturated heterocycles. The van der Waals surface area contributed by atoms with Gasteiger partial charge in [-0.05, 0) is 26.0 Å². The Morgan fingerprint density at radius 1 is 1.44 bits per heavy atom. The van der Waals surface area contributed by atoms with Gasteiger partial charge in [0.2, 0.25) is 0 Å². The number of hydrogen-bond acceptors (Lipinski definition) is 3. The Labute approximate surface area is 102 Å². The zero-order valence-electron chi connectivity index (χ0n) is 9.60. The molecule has 4 heteroatoms. The van der Waals surface area contributed by atoms with Crippen LogP contribution in [0, 0.1) is 0 Å². The van der Waals surface area contributed by atoms with E-state index in [0.717, 1.165) is 11.5 Å². The highest BCUT2D eigenvalue weighted by Crippen LogP contribution is 2.20. The van der Waals surface area contributed by atoms with Gasteiger partial charge in [0.25, 0.3) is 0 Å². The second-order valence-electron chi connectivity index (χ2n) is 3.51. The maximum atomic E-state index is 5.66. The Bertz CT molecular complexity index is 355. The molecule has 0 radical (unpaired) electrons. The van der Waals surface area contributed by atoms with Crippen molar-refractivity contribution in [1.29, 1.82) is 0 Å². The van der Waals surface area contributed by atoms with E-state index in [4.69, 9.17) is 27.4 Å². The summed E-state index contributed by atoms with van der Waals surface area (Å²) in [6.45, 7) is 4.53. The average molecular weight is 239 g/mol. The fourth-order valence-electron chi connectivity index (χ4n) is 1.36. The minimum atomic E-state index is -0.0191. The number of rotatable bonds is 6. The summed E-state index contributed by atoms with van der Waals surface area (Å²) in [5.41, 5.74) is 5.45. The summed E-state index contributed by atoms with van der Waals surface area (Å²) < 4.78 is 11.0. The van der Waals surface area contributed by atoms with Crippen molar-refractivity contribution >= 4 is 17.2 Å². The molecule has 0 aliphatic rings. The molecule has 0 aromatic heterocycles. The molecule has 88 valence electrons. The highest BCUT2D eigenvalue weighted by atomic mass is 32.1. The quantitative estimate of drug-likeness (QED) is 0.775. The summed E-state index contributed by atoms with van der Waals surface area (Å²) in [6, 6.07) is 7.54. The minimum absolute atomic E-state index is 0.0191. The maximum absolute atomic E-state index is 5.66. The van der Waals surface area contributed by atoms with E-state index in [1.165, 1.54) is 0 Å². The molecule has 0 heterocycles. The lowest BCUT2D eigenvalue weighted by Gasteiger charge is -2.14. The molecule has 1 unspecified atom stereocenters. The van der Waals surface area contributed by atoms with E-state index in [9.17, 15) is 0 Å². The van der Waals surface area contributed by atoms with Crippen molar-refractivity contribution < 1.29 is 9.47 Å². The first-order valence-corrected chi connectivity index (χ1v) is 5.70. The number of ether oxygens (including phenoxy) is 2. The first-order valence-electron chi connectivity index (χ1n) is 5.29. The van der Waals surface area contributed by atoms with Gasteiger partial charge in [0.15, 0.2) is 0 Å². The van der Waals surface area contributed by atoms with Crippen molar-refractivity contribution in [2.24, 2.45) is 5.73 Å². The van der Waals surface area contributed by atoms with Gasteiger partial charge in [-0.25, -0.2) is 0 Å². The van der Waals surface area contributed by atoms with Crippen LogP contribution in [0.2, 0.25) is 0 Å². The molecule has 0 amide bonds. The summed E-state index contributed by atoms with van der Waals surface area (Å²) in [6.07, 6.45) is 0.558. The van der Waals surface area contributed by atoms with Crippen LogP contribution in [0.4, 0.5) is 0 Å². The molecule has 16 heavy (non-hydrogen) atoms. The lowest BCUT2D eigenvalue weighted by atomic mass is 10.2. The molecule has 0 aliphatic heterocycles. The van der Waals surface area contributed by atoms with E-state index < -0.39 is 0 Å². The van der Waals surface area contributed by atoms with Crippen molar-refractivity contribution in [2.75, 3.05) is 6.61 Å². The highest BCUT2D eigenvalue weighted by molar-refractivity contribution is 7.80. The zero-order valence-corrected chi connectivity index (χ0v) is 10.4. The SMILES string of the molecule is CCOc1cccc(OC(C)CC(N)=S)c1. The summed E-state index contributed by atoms with van der Waals surface area (Å²) in [7, 11) is 0. The lowest BCUT2D eigenvalue weighted by Crippen LogP contribution is -2.20. The van der Waals surface area contributed by atoms with E-state index >= 15 is 0 Å². The van der Waals surface area contributed by atoms with Crippen molar-refractivity contribution in [3.8, 4) is 11.5 Å². The van der Waals surface area contributed by atoms with Crippen LogP contribution in [0.25, 0.3) is 0 Å². The predicted octanol–water partition coefficient (Wildman–Crippen LogP) is 2.53. The van der Waals surface area contributed by atoms with Gasteiger partial charge in [-0.15, -0.1) is 0 Å². The van der Waals surface area contributed by atoms with Gasteiger partial charge in [0, 0.05) is 12.5 Å². The predicted molar refractivity (Wildman–Crippen MR) is 69.1 cm³/mol. The summed E-state index contributed by atoms with van der Waals surface area (Å²) in [5.74, 6) is 1.58. The minimum Gasteiger partial charge on any atom is -0.494 e. The monoisotopic (exact) mass is 239 g/mol. The first-order chi connectivity index (χ1) is 7.61. The van der Waals surface area contributed by atoms with Gasteiger partial charge in [-0.1, -0.05) is 18.3 Å². The lowest BCUT2D eigenvalue weighted by molar-refractivity contribution is 0.228. The van der Waals surface area contributed by atoms with Gasteiger partial charge in [0.05, 0.1) is 11.6 Å². The molecule has 1 aromatic carbocycles. The smallest absolute Gasteiger partial charge is 0.123 e. The van der Waals surface area contributed by atoms with Crippen LogP contribution in [-0.2, 0) is 0 Å². The van der Waals surface area contributed by atoms with Crippen molar-refractivity contribution in [3.05, 3.63) is 24.3 Å².